The van der Waals surface area contributed by atoms with Gasteiger partial charge < -0.3 is 10.5 Å². The number of aryl methyl sites for hydroxylation is 2. The van der Waals surface area contributed by atoms with E-state index in [2.05, 4.69) is 33.1 Å². The minimum atomic E-state index is -0.0996. The Labute approximate surface area is 105 Å². The third kappa shape index (κ3) is 3.50. The van der Waals surface area contributed by atoms with E-state index in [-0.39, 0.29) is 11.1 Å². The average Bonchev–Trinajstić information content (AvgIpc) is 2.25. The van der Waals surface area contributed by atoms with Crippen LogP contribution in [-0.4, -0.2) is 22.3 Å². The van der Waals surface area contributed by atoms with Crippen molar-refractivity contribution >= 4 is 15.9 Å². The van der Waals surface area contributed by atoms with Gasteiger partial charge in [0.15, 0.2) is 0 Å². The van der Waals surface area contributed by atoms with Crippen molar-refractivity contribution < 1.29 is 4.74 Å². The lowest BCUT2D eigenvalue weighted by atomic mass is 10.0. The molecule has 1 heterocycles. The van der Waals surface area contributed by atoms with Gasteiger partial charge in [-0.2, -0.15) is 10.2 Å². The molecule has 4 nitrogen and oxygen atoms in total. The van der Waals surface area contributed by atoms with Gasteiger partial charge in [-0.25, -0.2) is 0 Å². The van der Waals surface area contributed by atoms with Crippen LogP contribution in [0.5, 0.6) is 0 Å². The van der Waals surface area contributed by atoms with Crippen molar-refractivity contribution in [2.24, 2.45) is 5.73 Å². The Morgan fingerprint density at radius 3 is 2.69 bits per heavy atom. The van der Waals surface area contributed by atoms with Crippen LogP contribution in [0.2, 0.25) is 0 Å². The predicted molar refractivity (Wildman–Crippen MR) is 67.4 cm³/mol. The number of rotatable bonds is 5. The van der Waals surface area contributed by atoms with Crippen molar-refractivity contribution in [1.29, 1.82) is 0 Å². The van der Waals surface area contributed by atoms with Crippen molar-refractivity contribution in [3.63, 3.8) is 0 Å². The normalized spacial score (nSPS) is 14.8. The fourth-order valence-electron chi connectivity index (χ4n) is 1.63. The number of alkyl halides is 1. The van der Waals surface area contributed by atoms with Gasteiger partial charge in [-0.05, 0) is 25.0 Å². The second-order valence-electron chi connectivity index (χ2n) is 3.73. The molecule has 0 aromatic carbocycles. The van der Waals surface area contributed by atoms with Crippen LogP contribution in [0.15, 0.2) is 6.07 Å². The fourth-order valence-corrected chi connectivity index (χ4v) is 1.97. The molecular formula is C11H18BrN3O. The highest BCUT2D eigenvalue weighted by Crippen LogP contribution is 2.24. The molecule has 16 heavy (non-hydrogen) atoms. The summed E-state index contributed by atoms with van der Waals surface area (Å²) in [5, 5.41) is 8.30. The van der Waals surface area contributed by atoms with Crippen LogP contribution >= 0.6 is 15.9 Å². The molecule has 0 radical (unpaired) electrons. The summed E-state index contributed by atoms with van der Waals surface area (Å²) < 4.78 is 5.42. The van der Waals surface area contributed by atoms with Crippen LogP contribution < -0.4 is 5.73 Å². The van der Waals surface area contributed by atoms with Crippen molar-refractivity contribution in [2.45, 2.75) is 37.7 Å². The average molecular weight is 288 g/mol. The zero-order valence-corrected chi connectivity index (χ0v) is 11.5. The van der Waals surface area contributed by atoms with Crippen molar-refractivity contribution in [3.8, 4) is 0 Å². The van der Waals surface area contributed by atoms with Crippen LogP contribution in [-0.2, 0) is 11.2 Å². The molecule has 0 bridgehead atoms. The van der Waals surface area contributed by atoms with Gasteiger partial charge in [-0.15, -0.1) is 0 Å². The van der Waals surface area contributed by atoms with E-state index in [0.29, 0.717) is 6.42 Å². The first-order chi connectivity index (χ1) is 7.58. The van der Waals surface area contributed by atoms with Gasteiger partial charge in [-0.3, -0.25) is 0 Å². The third-order valence-corrected chi connectivity index (χ3v) is 2.81. The van der Waals surface area contributed by atoms with Gasteiger partial charge in [0, 0.05) is 13.5 Å². The van der Waals surface area contributed by atoms with Gasteiger partial charge in [0.25, 0.3) is 0 Å². The van der Waals surface area contributed by atoms with Gasteiger partial charge in [-0.1, -0.05) is 22.9 Å². The van der Waals surface area contributed by atoms with E-state index in [9.17, 15) is 0 Å². The van der Waals surface area contributed by atoms with Crippen LogP contribution in [0.25, 0.3) is 0 Å². The minimum Gasteiger partial charge on any atom is -0.375 e. The number of nitrogens with two attached hydrogens (primary N) is 1. The minimum absolute atomic E-state index is 0.0924. The molecule has 0 aliphatic rings. The van der Waals surface area contributed by atoms with Crippen molar-refractivity contribution in [1.82, 2.24) is 10.2 Å². The number of ether oxygens (including phenoxy) is 1. The maximum Gasteiger partial charge on any atom is 0.103 e. The number of hydrogen-bond donors (Lipinski definition) is 1. The predicted octanol–water partition coefficient (Wildman–Crippen LogP) is 2.10. The third-order valence-electron chi connectivity index (χ3n) is 2.44. The molecule has 0 aliphatic heterocycles. The quantitative estimate of drug-likeness (QED) is 0.666. The molecule has 2 atom stereocenters. The van der Waals surface area contributed by atoms with Crippen LogP contribution in [0.1, 0.15) is 36.4 Å². The summed E-state index contributed by atoms with van der Waals surface area (Å²) in [5.74, 6) is 0. The molecule has 1 aromatic heterocycles. The highest BCUT2D eigenvalue weighted by Gasteiger charge is 2.18. The summed E-state index contributed by atoms with van der Waals surface area (Å²) in [7, 11) is 1.67. The summed E-state index contributed by atoms with van der Waals surface area (Å²) in [6, 6.07) is 2.05. The molecule has 1 rings (SSSR count). The second-order valence-corrected chi connectivity index (χ2v) is 4.90. The molecule has 2 N–H and O–H groups in total. The number of aromatic nitrogens is 2. The van der Waals surface area contributed by atoms with Gasteiger partial charge in [0.2, 0.25) is 0 Å². The first kappa shape index (κ1) is 13.5. The zero-order valence-electron chi connectivity index (χ0n) is 9.90. The second kappa shape index (κ2) is 6.27. The van der Waals surface area contributed by atoms with Crippen LogP contribution in [0.3, 0.4) is 0 Å². The van der Waals surface area contributed by atoms with Gasteiger partial charge in [0.05, 0.1) is 16.3 Å². The Bertz CT molecular complexity index is 344. The van der Waals surface area contributed by atoms with Crippen molar-refractivity contribution in [3.05, 3.63) is 23.0 Å². The van der Waals surface area contributed by atoms with E-state index >= 15 is 0 Å². The molecule has 1 aromatic rings. The molecular weight excluding hydrogens is 270 g/mol. The molecule has 0 saturated carbocycles. The highest BCUT2D eigenvalue weighted by molar-refractivity contribution is 9.09. The number of halogens is 1. The molecule has 0 fully saturated rings. The molecule has 0 saturated heterocycles. The Hall–Kier alpha value is -0.520. The smallest absolute Gasteiger partial charge is 0.103 e. The summed E-state index contributed by atoms with van der Waals surface area (Å²) in [6.45, 7) is 4.04. The molecule has 90 valence electrons. The Kier molecular flexibility index (Phi) is 5.31. The zero-order chi connectivity index (χ0) is 12.1. The number of hydrogen-bond acceptors (Lipinski definition) is 4. The SMILES string of the molecule is CCc1cc(C)nnc1C(CC(N)Br)OC. The lowest BCUT2D eigenvalue weighted by Crippen LogP contribution is -2.19. The van der Waals surface area contributed by atoms with Gasteiger partial charge >= 0.3 is 0 Å². The Morgan fingerprint density at radius 1 is 1.50 bits per heavy atom. The van der Waals surface area contributed by atoms with Gasteiger partial charge in [0.1, 0.15) is 6.10 Å². The fraction of sp³-hybridized carbons (Fsp3) is 0.636. The van der Waals surface area contributed by atoms with E-state index in [0.717, 1.165) is 17.8 Å². The summed E-state index contributed by atoms with van der Waals surface area (Å²) in [6.07, 6.45) is 1.50. The molecule has 0 amide bonds. The summed E-state index contributed by atoms with van der Waals surface area (Å²) in [5.41, 5.74) is 8.71. The summed E-state index contributed by atoms with van der Waals surface area (Å²) >= 11 is 3.32. The van der Waals surface area contributed by atoms with Crippen LogP contribution in [0.4, 0.5) is 0 Å². The molecule has 5 heteroatoms. The lowest BCUT2D eigenvalue weighted by molar-refractivity contribution is 0.0908. The van der Waals surface area contributed by atoms with E-state index in [1.54, 1.807) is 7.11 Å². The monoisotopic (exact) mass is 287 g/mol. The molecule has 2 unspecified atom stereocenters. The van der Waals surface area contributed by atoms with E-state index in [4.69, 9.17) is 10.5 Å². The van der Waals surface area contributed by atoms with E-state index in [1.165, 1.54) is 5.56 Å². The van der Waals surface area contributed by atoms with E-state index in [1.807, 2.05) is 13.0 Å². The lowest BCUT2D eigenvalue weighted by Gasteiger charge is -2.18. The molecule has 0 spiro atoms. The largest absolute Gasteiger partial charge is 0.375 e. The Balaban J connectivity index is 2.99. The maximum atomic E-state index is 5.72. The number of methoxy groups -OCH3 is 1. The van der Waals surface area contributed by atoms with E-state index < -0.39 is 0 Å². The standard InChI is InChI=1S/C11H18BrN3O/c1-4-8-5-7(2)14-15-11(8)9(16-3)6-10(12)13/h5,9-10H,4,6,13H2,1-3H3. The topological polar surface area (TPSA) is 61.0 Å². The summed E-state index contributed by atoms with van der Waals surface area (Å²) in [4.78, 5) is -0.0924. The molecule has 0 aliphatic carbocycles. The Morgan fingerprint density at radius 2 is 2.19 bits per heavy atom. The first-order valence-electron chi connectivity index (χ1n) is 5.34. The first-order valence-corrected chi connectivity index (χ1v) is 6.25. The van der Waals surface area contributed by atoms with Crippen molar-refractivity contribution in [2.75, 3.05) is 7.11 Å². The highest BCUT2D eigenvalue weighted by atomic mass is 79.9. The maximum absolute atomic E-state index is 5.72. The number of nitrogens with zero attached hydrogens (tertiary/aromatic N) is 2. The van der Waals surface area contributed by atoms with Crippen LogP contribution in [0, 0.1) is 6.92 Å².